The van der Waals surface area contributed by atoms with Crippen LogP contribution in [-0.4, -0.2) is 40.8 Å². The molecule has 2 aliphatic heterocycles. The Morgan fingerprint density at radius 1 is 1.52 bits per heavy atom. The van der Waals surface area contributed by atoms with Crippen LogP contribution in [0, 0.1) is 0 Å². The molecule has 1 saturated heterocycles. The Morgan fingerprint density at radius 2 is 2.48 bits per heavy atom. The summed E-state index contributed by atoms with van der Waals surface area (Å²) in [6, 6.07) is 2.13. The summed E-state index contributed by atoms with van der Waals surface area (Å²) in [5.41, 5.74) is 2.94. The topological polar surface area (TPSA) is 58.2 Å². The van der Waals surface area contributed by atoms with Gasteiger partial charge in [0.1, 0.15) is 0 Å². The number of carbonyl (C=O) groups excluding carboxylic acids is 1. The lowest BCUT2D eigenvalue weighted by Gasteiger charge is -2.27. The van der Waals surface area contributed by atoms with Crippen molar-refractivity contribution in [2.75, 3.05) is 19.8 Å². The third kappa shape index (κ3) is 2.28. The molecule has 0 aromatic carbocycles. The van der Waals surface area contributed by atoms with Crippen molar-refractivity contribution in [2.45, 2.75) is 25.3 Å². The van der Waals surface area contributed by atoms with Crippen molar-refractivity contribution in [3.05, 3.63) is 39.3 Å². The number of thiophene rings is 1. The first kappa shape index (κ1) is 13.0. The average Bonchev–Trinajstić information content (AvgIpc) is 3.24. The molecule has 110 valence electrons. The van der Waals surface area contributed by atoms with E-state index in [0.717, 1.165) is 31.7 Å². The molecule has 1 N–H and O–H groups in total. The van der Waals surface area contributed by atoms with E-state index in [0.29, 0.717) is 18.7 Å². The molecule has 1 fully saturated rings. The second-order valence-corrected chi connectivity index (χ2v) is 6.60. The zero-order valence-electron chi connectivity index (χ0n) is 11.7. The fourth-order valence-corrected chi connectivity index (χ4v) is 4.02. The third-order valence-electron chi connectivity index (χ3n) is 4.33. The minimum absolute atomic E-state index is 0.0856. The fourth-order valence-electron chi connectivity index (χ4n) is 3.13. The van der Waals surface area contributed by atoms with Crippen LogP contribution in [0.25, 0.3) is 0 Å². The quantitative estimate of drug-likeness (QED) is 0.925. The van der Waals surface area contributed by atoms with Crippen LogP contribution in [0.3, 0.4) is 0 Å². The zero-order chi connectivity index (χ0) is 14.2. The number of nitrogens with one attached hydrogen (secondary N) is 1. The van der Waals surface area contributed by atoms with Crippen molar-refractivity contribution >= 4 is 17.2 Å². The van der Waals surface area contributed by atoms with Crippen molar-refractivity contribution in [1.82, 2.24) is 15.1 Å². The molecule has 2 aromatic rings. The summed E-state index contributed by atoms with van der Waals surface area (Å²) in [6.07, 6.45) is 3.58. The van der Waals surface area contributed by atoms with Gasteiger partial charge in [-0.2, -0.15) is 5.10 Å². The molecule has 6 heteroatoms. The highest BCUT2D eigenvalue weighted by molar-refractivity contribution is 7.10. The average molecular weight is 303 g/mol. The Bertz CT molecular complexity index is 657. The Hall–Kier alpha value is -1.66. The molecule has 0 aliphatic carbocycles. The van der Waals surface area contributed by atoms with Crippen molar-refractivity contribution in [3.63, 3.8) is 0 Å². The van der Waals surface area contributed by atoms with Crippen molar-refractivity contribution in [2.24, 2.45) is 0 Å². The van der Waals surface area contributed by atoms with Crippen LogP contribution in [0.5, 0.6) is 0 Å². The number of aromatic nitrogens is 2. The summed E-state index contributed by atoms with van der Waals surface area (Å²) in [6.45, 7) is 2.94. The van der Waals surface area contributed by atoms with Crippen molar-refractivity contribution in [3.8, 4) is 0 Å². The first-order chi connectivity index (χ1) is 10.3. The first-order valence-electron chi connectivity index (χ1n) is 7.28. The molecule has 0 bridgehead atoms. The number of ether oxygens (including phenoxy) is 1. The monoisotopic (exact) mass is 303 g/mol. The predicted molar refractivity (Wildman–Crippen MR) is 79.5 cm³/mol. The van der Waals surface area contributed by atoms with Gasteiger partial charge in [0.2, 0.25) is 0 Å². The number of fused-ring (bicyclic) bond motifs is 1. The Labute approximate surface area is 126 Å². The highest BCUT2D eigenvalue weighted by Crippen LogP contribution is 2.29. The molecule has 1 atom stereocenters. The molecule has 0 unspecified atom stereocenters. The summed E-state index contributed by atoms with van der Waals surface area (Å²) in [4.78, 5) is 16.1. The second-order valence-electron chi connectivity index (χ2n) is 5.60. The van der Waals surface area contributed by atoms with E-state index in [1.165, 1.54) is 10.4 Å². The van der Waals surface area contributed by atoms with E-state index < -0.39 is 0 Å². The van der Waals surface area contributed by atoms with Crippen molar-refractivity contribution < 1.29 is 9.53 Å². The zero-order valence-corrected chi connectivity index (χ0v) is 12.5. The molecule has 0 saturated carbocycles. The van der Waals surface area contributed by atoms with E-state index in [-0.39, 0.29) is 11.8 Å². The predicted octanol–water partition coefficient (Wildman–Crippen LogP) is 2.17. The van der Waals surface area contributed by atoms with Crippen LogP contribution in [0.1, 0.15) is 38.8 Å². The molecule has 0 radical (unpaired) electrons. The number of amides is 1. The number of carbonyl (C=O) groups is 1. The molecule has 0 spiro atoms. The van der Waals surface area contributed by atoms with Gasteiger partial charge in [-0.3, -0.25) is 9.89 Å². The minimum atomic E-state index is 0.0856. The normalized spacial score (nSPS) is 21.5. The maximum absolute atomic E-state index is 12.8. The van der Waals surface area contributed by atoms with Gasteiger partial charge in [0.15, 0.2) is 0 Å². The van der Waals surface area contributed by atoms with E-state index in [9.17, 15) is 4.79 Å². The van der Waals surface area contributed by atoms with Crippen LogP contribution in [0.4, 0.5) is 0 Å². The largest absolute Gasteiger partial charge is 0.381 e. The van der Waals surface area contributed by atoms with E-state index >= 15 is 0 Å². The summed E-state index contributed by atoms with van der Waals surface area (Å²) >= 11 is 1.79. The standard InChI is InChI=1S/C15H17N3O2S/c19-15(18-4-1-13-10(8-18)3-6-21-13)12-7-16-17-14(12)11-2-5-20-9-11/h3,6-7,11H,1-2,4-5,8-9H2,(H,16,17)/t11-/m1/s1. The molecule has 5 nitrogen and oxygen atoms in total. The van der Waals surface area contributed by atoms with E-state index in [1.54, 1.807) is 17.5 Å². The Kier molecular flexibility index (Phi) is 3.27. The smallest absolute Gasteiger partial charge is 0.257 e. The Balaban J connectivity index is 1.57. The van der Waals surface area contributed by atoms with Crippen LogP contribution < -0.4 is 0 Å². The summed E-state index contributed by atoms with van der Waals surface area (Å²) in [5, 5.41) is 9.21. The number of hydrogen-bond acceptors (Lipinski definition) is 4. The minimum Gasteiger partial charge on any atom is -0.381 e. The lowest BCUT2D eigenvalue weighted by molar-refractivity contribution is 0.0734. The van der Waals surface area contributed by atoms with Crippen LogP contribution in [-0.2, 0) is 17.7 Å². The van der Waals surface area contributed by atoms with Crippen LogP contribution >= 0.6 is 11.3 Å². The van der Waals surface area contributed by atoms with Gasteiger partial charge in [0.25, 0.3) is 5.91 Å². The van der Waals surface area contributed by atoms with Crippen molar-refractivity contribution in [1.29, 1.82) is 0 Å². The van der Waals surface area contributed by atoms with Gasteiger partial charge in [-0.1, -0.05) is 0 Å². The van der Waals surface area contributed by atoms with E-state index in [1.807, 2.05) is 4.90 Å². The van der Waals surface area contributed by atoms with Crippen LogP contribution in [0.2, 0.25) is 0 Å². The van der Waals surface area contributed by atoms with Gasteiger partial charge in [-0.25, -0.2) is 0 Å². The van der Waals surface area contributed by atoms with E-state index in [2.05, 4.69) is 21.6 Å². The molecule has 2 aliphatic rings. The fraction of sp³-hybridized carbons (Fsp3) is 0.467. The first-order valence-corrected chi connectivity index (χ1v) is 8.16. The third-order valence-corrected chi connectivity index (χ3v) is 5.36. The van der Waals surface area contributed by atoms with Gasteiger partial charge in [-0.05, 0) is 29.9 Å². The molecule has 4 rings (SSSR count). The lowest BCUT2D eigenvalue weighted by atomic mass is 10.00. The van der Waals surface area contributed by atoms with E-state index in [4.69, 9.17) is 4.74 Å². The van der Waals surface area contributed by atoms with Gasteiger partial charge < -0.3 is 9.64 Å². The highest BCUT2D eigenvalue weighted by Gasteiger charge is 2.29. The van der Waals surface area contributed by atoms with Gasteiger partial charge >= 0.3 is 0 Å². The lowest BCUT2D eigenvalue weighted by Crippen LogP contribution is -2.35. The molecule has 21 heavy (non-hydrogen) atoms. The Morgan fingerprint density at radius 3 is 3.33 bits per heavy atom. The highest BCUT2D eigenvalue weighted by atomic mass is 32.1. The molecule has 1 amide bonds. The second kappa shape index (κ2) is 5.27. The number of aromatic amines is 1. The number of hydrogen-bond donors (Lipinski definition) is 1. The number of rotatable bonds is 2. The summed E-state index contributed by atoms with van der Waals surface area (Å²) in [7, 11) is 0. The molecular formula is C15H17N3O2S. The summed E-state index contributed by atoms with van der Waals surface area (Å²) < 4.78 is 5.43. The molecule has 2 aromatic heterocycles. The van der Waals surface area contributed by atoms with Gasteiger partial charge in [-0.15, -0.1) is 11.3 Å². The van der Waals surface area contributed by atoms with Gasteiger partial charge in [0.05, 0.1) is 24.1 Å². The van der Waals surface area contributed by atoms with Crippen LogP contribution in [0.15, 0.2) is 17.6 Å². The summed E-state index contributed by atoms with van der Waals surface area (Å²) in [5.74, 6) is 0.357. The molecule has 4 heterocycles. The maximum atomic E-state index is 12.8. The van der Waals surface area contributed by atoms with Gasteiger partial charge in [0, 0.05) is 30.5 Å². The number of H-pyrrole nitrogens is 1. The number of nitrogens with zero attached hydrogens (tertiary/aromatic N) is 2. The maximum Gasteiger partial charge on any atom is 0.257 e. The SMILES string of the molecule is O=C(c1cn[nH]c1[C@@H]1CCOC1)N1CCc2sccc2C1. The molecular weight excluding hydrogens is 286 g/mol.